The molecule has 0 aliphatic carbocycles. The molecule has 1 aliphatic rings. The van der Waals surface area contributed by atoms with Crippen LogP contribution in [0.3, 0.4) is 0 Å². The van der Waals surface area contributed by atoms with E-state index in [2.05, 4.69) is 30.8 Å². The van der Waals surface area contributed by atoms with E-state index in [0.29, 0.717) is 17.1 Å². The Hall–Kier alpha value is -5.49. The summed E-state index contributed by atoms with van der Waals surface area (Å²) in [5, 5.41) is 12.8. The van der Waals surface area contributed by atoms with E-state index < -0.39 is 98.9 Å². The van der Waals surface area contributed by atoms with Crippen molar-refractivity contribution in [2.45, 2.75) is 157 Å². The molecule has 65 heavy (non-hydrogen) atoms. The van der Waals surface area contributed by atoms with Crippen LogP contribution >= 0.6 is 11.3 Å². The third-order valence-electron chi connectivity index (χ3n) is 8.34. The molecular weight excluding hydrogens is 893 g/mol. The summed E-state index contributed by atoms with van der Waals surface area (Å²) < 4.78 is 53.7. The Kier molecular flexibility index (Phi) is 18.3. The molecule has 2 aromatic rings. The number of oxime groups is 1. The van der Waals surface area contributed by atoms with Crippen LogP contribution in [0.5, 0.6) is 5.75 Å². The number of rotatable bonds is 21. The van der Waals surface area contributed by atoms with Crippen molar-refractivity contribution in [1.29, 1.82) is 0 Å². The first-order chi connectivity index (χ1) is 29.9. The van der Waals surface area contributed by atoms with Gasteiger partial charge in [0.15, 0.2) is 16.6 Å². The van der Waals surface area contributed by atoms with Gasteiger partial charge in [0.05, 0.1) is 31.1 Å². The van der Waals surface area contributed by atoms with Crippen LogP contribution in [0.25, 0.3) is 0 Å². The average molecular weight is 957 g/mol. The lowest BCUT2D eigenvalue weighted by atomic mass is 9.99. The predicted molar refractivity (Wildman–Crippen MR) is 240 cm³/mol. The second kappa shape index (κ2) is 22.1. The number of carbonyl (C=O) groups excluding carboxylic acids is 5. The van der Waals surface area contributed by atoms with E-state index in [1.807, 2.05) is 13.8 Å². The minimum absolute atomic E-state index is 0.00475. The number of ether oxygens (including phenoxy) is 4. The van der Waals surface area contributed by atoms with Crippen molar-refractivity contribution in [3.8, 4) is 5.75 Å². The Morgan fingerprint density at radius 3 is 2.11 bits per heavy atom. The van der Waals surface area contributed by atoms with Crippen molar-refractivity contribution in [3.05, 3.63) is 39.3 Å². The molecule has 1 fully saturated rings. The molecule has 3 heterocycles. The summed E-state index contributed by atoms with van der Waals surface area (Å²) in [5.74, 6) is -2.59. The molecule has 1 saturated heterocycles. The third kappa shape index (κ3) is 17.1. The smallest absolute Gasteiger partial charge is 0.425 e. The highest BCUT2D eigenvalue weighted by Gasteiger charge is 2.43. The molecule has 0 unspecified atom stereocenters. The molecule has 0 bridgehead atoms. The summed E-state index contributed by atoms with van der Waals surface area (Å²) in [6.07, 6.45) is 2.06. The van der Waals surface area contributed by atoms with Crippen LogP contribution in [0.1, 0.15) is 127 Å². The summed E-state index contributed by atoms with van der Waals surface area (Å²) in [4.78, 5) is 94.6. The molecule has 0 saturated carbocycles. The van der Waals surface area contributed by atoms with Crippen molar-refractivity contribution in [1.82, 2.24) is 29.4 Å². The Balaban J connectivity index is 1.92. The van der Waals surface area contributed by atoms with Gasteiger partial charge in [0, 0.05) is 18.0 Å². The van der Waals surface area contributed by atoms with Crippen molar-refractivity contribution in [2.24, 2.45) is 5.16 Å². The number of anilines is 1. The second-order valence-corrected chi connectivity index (χ2v) is 20.9. The van der Waals surface area contributed by atoms with Crippen LogP contribution in [0, 0.1) is 0 Å². The zero-order valence-electron chi connectivity index (χ0n) is 39.4. The van der Waals surface area contributed by atoms with Crippen LogP contribution < -0.4 is 35.7 Å². The summed E-state index contributed by atoms with van der Waals surface area (Å²) in [6, 6.07) is -1.36. The number of hydrogen-bond acceptors (Lipinski definition) is 17. The summed E-state index contributed by atoms with van der Waals surface area (Å²) >= 11 is 0.905. The molecule has 24 heteroatoms. The van der Waals surface area contributed by atoms with E-state index in [9.17, 15) is 37.2 Å². The minimum atomic E-state index is -4.84. The van der Waals surface area contributed by atoms with Crippen LogP contribution in [-0.2, 0) is 50.2 Å². The van der Waals surface area contributed by atoms with E-state index in [4.69, 9.17) is 28.6 Å². The van der Waals surface area contributed by atoms with E-state index in [1.54, 1.807) is 41.5 Å². The van der Waals surface area contributed by atoms with Gasteiger partial charge in [-0.15, -0.1) is 11.3 Å². The lowest BCUT2D eigenvalue weighted by Crippen LogP contribution is -2.72. The Morgan fingerprint density at radius 1 is 0.908 bits per heavy atom. The number of pyridine rings is 1. The van der Waals surface area contributed by atoms with Gasteiger partial charge in [-0.1, -0.05) is 31.8 Å². The van der Waals surface area contributed by atoms with Crippen molar-refractivity contribution >= 4 is 62.4 Å². The van der Waals surface area contributed by atoms with E-state index in [0.717, 1.165) is 30.2 Å². The first kappa shape index (κ1) is 53.8. The van der Waals surface area contributed by atoms with Crippen molar-refractivity contribution < 1.29 is 61.0 Å². The highest BCUT2D eigenvalue weighted by molar-refractivity contribution is 7.87. The maximum Gasteiger partial charge on any atom is 0.425 e. The van der Waals surface area contributed by atoms with Gasteiger partial charge in [0.25, 0.3) is 5.91 Å². The van der Waals surface area contributed by atoms with Crippen LogP contribution in [0.15, 0.2) is 27.6 Å². The molecule has 0 spiro atoms. The SMILES string of the molecule is CCCCOc1cn(OCCCC)c(CN(C(=O)OC(C)(C)C)S(=O)(=O)NC[C@H]2NC(=O)[C@H]2NC(=O)/C(=N\OC(C)(C)C(=O)OC(C)(C)C)c2csc(NC(=O)OC(C)(C)C)n2)cc1=O. The molecule has 2 atom stereocenters. The summed E-state index contributed by atoms with van der Waals surface area (Å²) in [5.41, 5.74) is -5.87. The molecule has 0 aromatic carbocycles. The first-order valence-electron chi connectivity index (χ1n) is 21.0. The predicted octanol–water partition coefficient (Wildman–Crippen LogP) is 4.16. The fraction of sp³-hybridized carbons (Fsp3) is 0.659. The summed E-state index contributed by atoms with van der Waals surface area (Å²) in [6.45, 7) is 20.4. The molecule has 4 amide bonds. The molecule has 1 aliphatic heterocycles. The maximum absolute atomic E-state index is 14.0. The van der Waals surface area contributed by atoms with Gasteiger partial charge in [-0.25, -0.2) is 19.4 Å². The molecule has 4 N–H and O–H groups in total. The molecule has 364 valence electrons. The zero-order valence-corrected chi connectivity index (χ0v) is 41.0. The lowest BCUT2D eigenvalue weighted by molar-refractivity contribution is -0.179. The Morgan fingerprint density at radius 2 is 1.52 bits per heavy atom. The van der Waals surface area contributed by atoms with Gasteiger partial charge in [0.1, 0.15) is 35.1 Å². The first-order valence-corrected chi connectivity index (χ1v) is 23.4. The highest BCUT2D eigenvalue weighted by atomic mass is 32.2. The van der Waals surface area contributed by atoms with Gasteiger partial charge in [-0.05, 0) is 89.0 Å². The maximum atomic E-state index is 14.0. The fourth-order valence-electron chi connectivity index (χ4n) is 5.12. The van der Waals surface area contributed by atoms with Gasteiger partial charge >= 0.3 is 28.4 Å². The quantitative estimate of drug-likeness (QED) is 0.0342. The number of amides is 4. The molecular formula is C41H64N8O14S2. The van der Waals surface area contributed by atoms with Crippen LogP contribution in [-0.4, -0.2) is 112 Å². The number of thiazole rings is 1. The molecule has 22 nitrogen and oxygen atoms in total. The topological polar surface area (TPSA) is 273 Å². The second-order valence-electron chi connectivity index (χ2n) is 18.3. The van der Waals surface area contributed by atoms with E-state index in [1.165, 1.54) is 50.9 Å². The largest absolute Gasteiger partial charge is 0.488 e. The fourth-order valence-corrected chi connectivity index (χ4v) is 6.88. The number of nitrogens with zero attached hydrogens (tertiary/aromatic N) is 4. The Bertz CT molecular complexity index is 2220. The van der Waals surface area contributed by atoms with E-state index >= 15 is 0 Å². The number of nitrogens with one attached hydrogen (secondary N) is 4. The van der Waals surface area contributed by atoms with Gasteiger partial charge in [-0.2, -0.15) is 22.2 Å². The van der Waals surface area contributed by atoms with Gasteiger partial charge < -0.3 is 39.3 Å². The zero-order chi connectivity index (χ0) is 49.1. The number of esters is 1. The molecule has 0 radical (unpaired) electrons. The van der Waals surface area contributed by atoms with Gasteiger partial charge in [0.2, 0.25) is 16.9 Å². The number of aromatic nitrogens is 2. The number of carbonyl (C=O) groups is 5. The lowest BCUT2D eigenvalue weighted by Gasteiger charge is -2.37. The number of β-lactam (4-membered cyclic amide) rings is 1. The van der Waals surface area contributed by atoms with Crippen molar-refractivity contribution in [3.63, 3.8) is 0 Å². The normalized spacial score (nSPS) is 15.8. The minimum Gasteiger partial charge on any atom is -0.488 e. The Labute approximate surface area is 383 Å². The number of hydrogen-bond donors (Lipinski definition) is 4. The van der Waals surface area contributed by atoms with Crippen LogP contribution in [0.2, 0.25) is 0 Å². The standard InChI is InChI=1S/C41H64N8O14S2/c1-14-16-18-58-29-23-48(59-19-17-15-2)25(20-28(29)50)22-49(37(55)62-40(9,10)11)65(56,57)42-21-26-30(32(51)43-26)45-33(52)31(47-63-41(12,13)34(53)60-38(3,4)5)27-24-64-35(44-27)46-36(54)61-39(6,7)8/h20,23-24,26,30,42H,14-19,21-22H2,1-13H3,(H,43,51)(H,45,52)(H,44,46,54)/b47-31-/t26-,30+/m1/s1. The molecule has 3 rings (SSSR count). The number of unbranched alkanes of at least 4 members (excludes halogenated alkanes) is 2. The molecule has 2 aromatic heterocycles. The van der Waals surface area contributed by atoms with E-state index in [-0.39, 0.29) is 35.5 Å². The average Bonchev–Trinajstić information content (AvgIpc) is 3.61. The highest BCUT2D eigenvalue weighted by Crippen LogP contribution is 2.22. The van der Waals surface area contributed by atoms with Crippen LogP contribution in [0.4, 0.5) is 14.7 Å². The summed E-state index contributed by atoms with van der Waals surface area (Å²) in [7, 11) is -4.84. The van der Waals surface area contributed by atoms with Gasteiger partial charge in [-0.3, -0.25) is 19.7 Å². The monoisotopic (exact) mass is 956 g/mol. The third-order valence-corrected chi connectivity index (χ3v) is 10.5. The van der Waals surface area contributed by atoms with Crippen molar-refractivity contribution in [2.75, 3.05) is 25.1 Å².